The molecule has 4 N–H and O–H groups in total. The van der Waals surface area contributed by atoms with E-state index in [9.17, 15) is 24.7 Å². The van der Waals surface area contributed by atoms with Gasteiger partial charge in [-0.15, -0.1) is 0 Å². The van der Waals surface area contributed by atoms with Crippen molar-refractivity contribution in [3.63, 3.8) is 0 Å². The van der Waals surface area contributed by atoms with Crippen LogP contribution in [0.15, 0.2) is 0 Å². The molecule has 106 valence electrons. The number of aliphatic hydroxyl groups excluding tert-OH is 3. The highest BCUT2D eigenvalue weighted by Crippen LogP contribution is 2.62. The van der Waals surface area contributed by atoms with E-state index in [1.54, 1.807) is 0 Å². The van der Waals surface area contributed by atoms with Crippen LogP contribution in [0, 0.1) is 0 Å². The number of aliphatic hydroxyl groups is 4. The van der Waals surface area contributed by atoms with E-state index in [1.807, 2.05) is 0 Å². The molecule has 1 heterocycles. The van der Waals surface area contributed by atoms with Crippen molar-refractivity contribution < 1.29 is 39.0 Å². The van der Waals surface area contributed by atoms with Gasteiger partial charge in [-0.25, -0.2) is 0 Å². The molecule has 0 aromatic carbocycles. The Hall–Kier alpha value is -0.500. The number of ether oxygens (including phenoxy) is 1. The highest BCUT2D eigenvalue weighted by molar-refractivity contribution is 7.60. The summed E-state index contributed by atoms with van der Waals surface area (Å²) in [6, 6.07) is 0. The minimum Gasteiger partial charge on any atom is -0.459 e. The number of hydrogen-bond acceptors (Lipinski definition) is 8. The second-order valence-corrected chi connectivity index (χ2v) is 7.01. The van der Waals surface area contributed by atoms with E-state index in [0.717, 1.165) is 14.0 Å². The van der Waals surface area contributed by atoms with Gasteiger partial charge in [0.25, 0.3) is 0 Å². The molecule has 1 saturated heterocycles. The molecule has 1 aliphatic heterocycles. The van der Waals surface area contributed by atoms with Gasteiger partial charge in [0.15, 0.2) is 5.34 Å². The van der Waals surface area contributed by atoms with Crippen molar-refractivity contribution in [2.24, 2.45) is 0 Å². The molecule has 2 unspecified atom stereocenters. The molecule has 0 aromatic rings. The van der Waals surface area contributed by atoms with Crippen LogP contribution in [-0.2, 0) is 18.6 Å². The van der Waals surface area contributed by atoms with Crippen LogP contribution < -0.4 is 0 Å². The smallest absolute Gasteiger partial charge is 0.303 e. The fourth-order valence-electron chi connectivity index (χ4n) is 1.94. The standard InChI is InChI=1S/C9H17O8P/c1-5(11)17-6-3-18(15,16-2)9(14,4-10)8(13)7(6)12/h6-8,10,12-14H,3-4H2,1-2H3/t6-,7-,8+,9?,18?/m1/s1. The summed E-state index contributed by atoms with van der Waals surface area (Å²) in [5.41, 5.74) is 0. The van der Waals surface area contributed by atoms with Gasteiger partial charge < -0.3 is 29.7 Å². The molecular weight excluding hydrogens is 267 g/mol. The van der Waals surface area contributed by atoms with Crippen LogP contribution in [-0.4, -0.2) is 69.9 Å². The summed E-state index contributed by atoms with van der Waals surface area (Å²) in [5.74, 6) is -0.733. The first-order valence-corrected chi connectivity index (χ1v) is 7.04. The van der Waals surface area contributed by atoms with E-state index in [4.69, 9.17) is 14.4 Å². The van der Waals surface area contributed by atoms with E-state index in [0.29, 0.717) is 0 Å². The van der Waals surface area contributed by atoms with Crippen LogP contribution >= 0.6 is 7.37 Å². The number of hydrogen-bond donors (Lipinski definition) is 4. The third-order valence-corrected chi connectivity index (χ3v) is 6.05. The Kier molecular flexibility index (Phi) is 4.53. The lowest BCUT2D eigenvalue weighted by molar-refractivity contribution is -0.172. The topological polar surface area (TPSA) is 134 Å². The third-order valence-electron chi connectivity index (χ3n) is 3.03. The first kappa shape index (κ1) is 15.6. The molecule has 0 bridgehead atoms. The SMILES string of the molecule is COP1(=O)C[C@@H](OC(C)=O)[C@@H](O)[C@H](O)C1(O)CO. The first-order chi connectivity index (χ1) is 8.21. The normalized spacial score (nSPS) is 44.7. The summed E-state index contributed by atoms with van der Waals surface area (Å²) in [6.07, 6.45) is -5.37. The van der Waals surface area contributed by atoms with Crippen molar-refractivity contribution in [3.05, 3.63) is 0 Å². The van der Waals surface area contributed by atoms with Crippen molar-refractivity contribution in [2.45, 2.75) is 30.6 Å². The molecule has 0 amide bonds. The lowest BCUT2D eigenvalue weighted by atomic mass is 10.0. The summed E-state index contributed by atoms with van der Waals surface area (Å²) in [6.45, 7) is 0.0345. The van der Waals surface area contributed by atoms with Crippen LogP contribution in [0.25, 0.3) is 0 Å². The molecule has 18 heavy (non-hydrogen) atoms. The van der Waals surface area contributed by atoms with E-state index >= 15 is 0 Å². The predicted molar refractivity (Wildman–Crippen MR) is 59.1 cm³/mol. The molecule has 0 radical (unpaired) electrons. The van der Waals surface area contributed by atoms with Crippen LogP contribution in [0.4, 0.5) is 0 Å². The fourth-order valence-corrected chi connectivity index (χ4v) is 4.25. The number of carbonyl (C=O) groups excluding carboxylic acids is 1. The van der Waals surface area contributed by atoms with Crippen molar-refractivity contribution in [1.82, 2.24) is 0 Å². The van der Waals surface area contributed by atoms with E-state index in [2.05, 4.69) is 0 Å². The maximum Gasteiger partial charge on any atom is 0.303 e. The summed E-state index contributed by atoms with van der Waals surface area (Å²) in [4.78, 5) is 10.8. The van der Waals surface area contributed by atoms with Crippen LogP contribution in [0.5, 0.6) is 0 Å². The molecule has 9 heteroatoms. The lowest BCUT2D eigenvalue weighted by Gasteiger charge is -2.45. The molecule has 0 saturated carbocycles. The number of carbonyl (C=O) groups is 1. The molecule has 0 spiro atoms. The van der Waals surface area contributed by atoms with Crippen LogP contribution in [0.1, 0.15) is 6.92 Å². The van der Waals surface area contributed by atoms with Gasteiger partial charge in [-0.2, -0.15) is 0 Å². The van der Waals surface area contributed by atoms with Gasteiger partial charge in [-0.1, -0.05) is 0 Å². The zero-order valence-electron chi connectivity index (χ0n) is 10.0. The van der Waals surface area contributed by atoms with Gasteiger partial charge in [0.2, 0.25) is 7.37 Å². The summed E-state index contributed by atoms with van der Waals surface area (Å²) >= 11 is 0. The molecule has 1 aliphatic rings. The molecule has 1 fully saturated rings. The second kappa shape index (κ2) is 5.24. The zero-order valence-corrected chi connectivity index (χ0v) is 10.9. The van der Waals surface area contributed by atoms with Gasteiger partial charge in [-0.05, 0) is 0 Å². The molecule has 5 atom stereocenters. The van der Waals surface area contributed by atoms with E-state index in [-0.39, 0.29) is 0 Å². The highest BCUT2D eigenvalue weighted by atomic mass is 31.2. The van der Waals surface area contributed by atoms with Gasteiger partial charge in [-0.3, -0.25) is 9.36 Å². The molecule has 0 aliphatic carbocycles. The average molecular weight is 284 g/mol. The maximum absolute atomic E-state index is 12.3. The fraction of sp³-hybridized carbons (Fsp3) is 0.889. The summed E-state index contributed by atoms with van der Waals surface area (Å²) in [5, 5.41) is 36.1. The minimum absolute atomic E-state index is 0.488. The predicted octanol–water partition coefficient (Wildman–Crippen LogP) is -1.74. The second-order valence-electron chi connectivity index (χ2n) is 4.16. The van der Waals surface area contributed by atoms with Gasteiger partial charge in [0.1, 0.15) is 18.3 Å². The Morgan fingerprint density at radius 1 is 1.50 bits per heavy atom. The Morgan fingerprint density at radius 2 is 2.06 bits per heavy atom. The Bertz CT molecular complexity index is 372. The van der Waals surface area contributed by atoms with Gasteiger partial charge in [0.05, 0.1) is 12.8 Å². The average Bonchev–Trinajstić information content (AvgIpc) is 2.32. The van der Waals surface area contributed by atoms with Gasteiger partial charge >= 0.3 is 5.97 Å². The highest BCUT2D eigenvalue weighted by Gasteiger charge is 2.62. The third kappa shape index (κ3) is 2.32. The van der Waals surface area contributed by atoms with E-state index < -0.39 is 49.8 Å². The molecular formula is C9H17O8P. The van der Waals surface area contributed by atoms with Crippen LogP contribution in [0.2, 0.25) is 0 Å². The van der Waals surface area contributed by atoms with Crippen molar-refractivity contribution in [1.29, 1.82) is 0 Å². The monoisotopic (exact) mass is 284 g/mol. The van der Waals surface area contributed by atoms with Crippen LogP contribution in [0.3, 0.4) is 0 Å². The van der Waals surface area contributed by atoms with Crippen molar-refractivity contribution >= 4 is 13.3 Å². The minimum atomic E-state index is -3.90. The van der Waals surface area contributed by atoms with Crippen molar-refractivity contribution in [3.8, 4) is 0 Å². The zero-order chi connectivity index (χ0) is 14.1. The number of rotatable bonds is 3. The van der Waals surface area contributed by atoms with E-state index in [1.165, 1.54) is 0 Å². The molecule has 8 nitrogen and oxygen atoms in total. The lowest BCUT2D eigenvalue weighted by Crippen LogP contribution is -2.61. The number of esters is 1. The first-order valence-electron chi connectivity index (χ1n) is 5.23. The Morgan fingerprint density at radius 3 is 2.44 bits per heavy atom. The molecule has 1 rings (SSSR count). The summed E-state index contributed by atoms with van der Waals surface area (Å²) in [7, 11) is -2.87. The Balaban J connectivity index is 3.11. The van der Waals surface area contributed by atoms with Crippen molar-refractivity contribution in [2.75, 3.05) is 19.9 Å². The van der Waals surface area contributed by atoms with Gasteiger partial charge in [0, 0.05) is 14.0 Å². The maximum atomic E-state index is 12.3. The largest absolute Gasteiger partial charge is 0.459 e. The summed E-state index contributed by atoms with van der Waals surface area (Å²) < 4.78 is 21.8. The Labute approximate surface area is 104 Å². The molecule has 0 aromatic heterocycles. The quantitative estimate of drug-likeness (QED) is 0.354.